The van der Waals surface area contributed by atoms with Crippen LogP contribution < -0.4 is 5.32 Å². The number of fused-ring (bicyclic) bond motifs is 1. The lowest BCUT2D eigenvalue weighted by molar-refractivity contribution is -0.120. The zero-order valence-electron chi connectivity index (χ0n) is 11.6. The molecule has 1 aromatic rings. The first kappa shape index (κ1) is 14.3. The fraction of sp³-hybridized carbons (Fsp3) is 0.600. The zero-order valence-corrected chi connectivity index (χ0v) is 12.4. The lowest BCUT2D eigenvalue weighted by atomic mass is 10.1. The molecule has 0 radical (unpaired) electrons. The van der Waals surface area contributed by atoms with E-state index in [1.54, 1.807) is 18.3 Å². The van der Waals surface area contributed by atoms with Crippen LogP contribution in [0.5, 0.6) is 0 Å². The monoisotopic (exact) mass is 279 g/mol. The van der Waals surface area contributed by atoms with Crippen molar-refractivity contribution in [2.24, 2.45) is 0 Å². The van der Waals surface area contributed by atoms with Gasteiger partial charge in [0.15, 0.2) is 5.78 Å². The van der Waals surface area contributed by atoms with Crippen LogP contribution in [0.3, 0.4) is 0 Å². The number of rotatable bonds is 4. The molecule has 0 fully saturated rings. The van der Waals surface area contributed by atoms with Crippen molar-refractivity contribution in [3.8, 4) is 0 Å². The second kappa shape index (κ2) is 6.33. The summed E-state index contributed by atoms with van der Waals surface area (Å²) in [7, 11) is 0. The zero-order chi connectivity index (χ0) is 13.8. The van der Waals surface area contributed by atoms with Crippen LogP contribution in [-0.2, 0) is 17.6 Å². The molecule has 1 heterocycles. The maximum absolute atomic E-state index is 12.1. The molecular formula is C15H21NO2S. The van der Waals surface area contributed by atoms with Gasteiger partial charge in [-0.2, -0.15) is 0 Å². The van der Waals surface area contributed by atoms with E-state index in [9.17, 15) is 9.59 Å². The van der Waals surface area contributed by atoms with Crippen molar-refractivity contribution in [1.82, 2.24) is 5.32 Å². The number of aryl methyl sites for hydroxylation is 2. The number of carbonyl (C=O) groups excluding carboxylic acids is 2. The minimum Gasteiger partial charge on any atom is -0.342 e. The largest absolute Gasteiger partial charge is 0.342 e. The Bertz CT molecular complexity index is 455. The molecule has 19 heavy (non-hydrogen) atoms. The fourth-order valence-electron chi connectivity index (χ4n) is 2.43. The molecule has 104 valence electrons. The van der Waals surface area contributed by atoms with Crippen molar-refractivity contribution in [2.75, 3.05) is 0 Å². The lowest BCUT2D eigenvalue weighted by Gasteiger charge is -2.10. The number of amides is 1. The molecule has 4 heteroatoms. The van der Waals surface area contributed by atoms with Gasteiger partial charge in [-0.05, 0) is 44.2 Å². The first-order valence-corrected chi connectivity index (χ1v) is 7.88. The molecule has 0 aliphatic heterocycles. The molecule has 0 aromatic carbocycles. The summed E-state index contributed by atoms with van der Waals surface area (Å²) >= 11 is 1.59. The third-order valence-electron chi connectivity index (χ3n) is 3.65. The number of Topliss-reactive ketones (excluding diaryl/α,β-unsaturated/α-hetero) is 1. The van der Waals surface area contributed by atoms with Gasteiger partial charge in [0.1, 0.15) is 0 Å². The molecule has 0 saturated heterocycles. The van der Waals surface area contributed by atoms with Gasteiger partial charge in [-0.15, -0.1) is 11.3 Å². The maximum Gasteiger partial charge on any atom is 0.261 e. The second-order valence-electron chi connectivity index (χ2n) is 5.13. The number of hydrogen-bond acceptors (Lipinski definition) is 3. The number of nitrogens with one attached hydrogen (secondary N) is 1. The molecule has 1 amide bonds. The van der Waals surface area contributed by atoms with Gasteiger partial charge in [0.2, 0.25) is 0 Å². The number of carbonyl (C=O) groups is 2. The van der Waals surface area contributed by atoms with E-state index in [0.717, 1.165) is 17.7 Å². The molecular weight excluding hydrogens is 258 g/mol. The summed E-state index contributed by atoms with van der Waals surface area (Å²) in [5.41, 5.74) is 1.34. The highest BCUT2D eigenvalue weighted by Crippen LogP contribution is 2.28. The van der Waals surface area contributed by atoms with Crippen LogP contribution in [0.1, 0.15) is 59.6 Å². The van der Waals surface area contributed by atoms with Gasteiger partial charge in [-0.3, -0.25) is 9.59 Å². The Morgan fingerprint density at radius 2 is 2.05 bits per heavy atom. The van der Waals surface area contributed by atoms with Crippen LogP contribution in [0.4, 0.5) is 0 Å². The van der Waals surface area contributed by atoms with Crippen molar-refractivity contribution in [3.05, 3.63) is 21.4 Å². The van der Waals surface area contributed by atoms with Crippen molar-refractivity contribution in [1.29, 1.82) is 0 Å². The van der Waals surface area contributed by atoms with E-state index in [2.05, 4.69) is 5.32 Å². The van der Waals surface area contributed by atoms with Crippen LogP contribution in [0.25, 0.3) is 0 Å². The normalized spacial score (nSPS) is 16.3. The molecule has 0 bridgehead atoms. The van der Waals surface area contributed by atoms with Crippen molar-refractivity contribution in [3.63, 3.8) is 0 Å². The Hall–Kier alpha value is -1.16. The molecule has 1 atom stereocenters. The van der Waals surface area contributed by atoms with Crippen LogP contribution >= 0.6 is 11.3 Å². The van der Waals surface area contributed by atoms with E-state index in [0.29, 0.717) is 6.42 Å². The third kappa shape index (κ3) is 3.44. The Morgan fingerprint density at radius 1 is 1.32 bits per heavy atom. The summed E-state index contributed by atoms with van der Waals surface area (Å²) in [6.07, 6.45) is 6.36. The summed E-state index contributed by atoms with van der Waals surface area (Å²) < 4.78 is 0. The highest BCUT2D eigenvalue weighted by molar-refractivity contribution is 7.14. The van der Waals surface area contributed by atoms with E-state index >= 15 is 0 Å². The average Bonchev–Trinajstić information content (AvgIpc) is 2.69. The van der Waals surface area contributed by atoms with Crippen LogP contribution in [0.15, 0.2) is 6.07 Å². The van der Waals surface area contributed by atoms with E-state index in [1.807, 2.05) is 13.0 Å². The molecule has 1 N–H and O–H groups in total. The summed E-state index contributed by atoms with van der Waals surface area (Å²) in [6, 6.07) is 1.63. The van der Waals surface area contributed by atoms with E-state index in [-0.39, 0.29) is 17.7 Å². The lowest BCUT2D eigenvalue weighted by Crippen LogP contribution is -2.37. The molecule has 0 saturated carbocycles. The third-order valence-corrected chi connectivity index (χ3v) is 4.89. The van der Waals surface area contributed by atoms with Crippen molar-refractivity contribution >= 4 is 23.0 Å². The molecule has 1 aliphatic carbocycles. The first-order valence-electron chi connectivity index (χ1n) is 7.07. The standard InChI is InChI=1S/C15H21NO2S/c1-3-12(17)10(2)16-15(18)14-9-11-7-5-4-6-8-13(11)19-14/h9-10H,3-8H2,1-2H3,(H,16,18). The highest BCUT2D eigenvalue weighted by Gasteiger charge is 2.19. The van der Waals surface area contributed by atoms with Gasteiger partial charge in [0, 0.05) is 11.3 Å². The van der Waals surface area contributed by atoms with Gasteiger partial charge in [-0.25, -0.2) is 0 Å². The van der Waals surface area contributed by atoms with Gasteiger partial charge < -0.3 is 5.32 Å². The van der Waals surface area contributed by atoms with E-state index in [4.69, 9.17) is 0 Å². The molecule has 0 spiro atoms. The molecule has 3 nitrogen and oxygen atoms in total. The van der Waals surface area contributed by atoms with Crippen molar-refractivity contribution in [2.45, 2.75) is 58.4 Å². The van der Waals surface area contributed by atoms with E-state index in [1.165, 1.54) is 29.7 Å². The van der Waals surface area contributed by atoms with Crippen LogP contribution in [0.2, 0.25) is 0 Å². The summed E-state index contributed by atoms with van der Waals surface area (Å²) in [5, 5.41) is 2.79. The molecule has 2 rings (SSSR count). The van der Waals surface area contributed by atoms with E-state index < -0.39 is 0 Å². The number of ketones is 1. The summed E-state index contributed by atoms with van der Waals surface area (Å²) in [4.78, 5) is 25.7. The predicted molar refractivity (Wildman–Crippen MR) is 77.8 cm³/mol. The molecule has 1 aliphatic rings. The Morgan fingerprint density at radius 3 is 2.79 bits per heavy atom. The minimum atomic E-state index is -0.389. The minimum absolute atomic E-state index is 0.0754. The molecule has 1 unspecified atom stereocenters. The number of thiophene rings is 1. The second-order valence-corrected chi connectivity index (χ2v) is 6.27. The van der Waals surface area contributed by atoms with Crippen LogP contribution in [-0.4, -0.2) is 17.7 Å². The number of hydrogen-bond donors (Lipinski definition) is 1. The fourth-order valence-corrected chi connectivity index (χ4v) is 3.59. The average molecular weight is 279 g/mol. The topological polar surface area (TPSA) is 46.2 Å². The Balaban J connectivity index is 2.06. The van der Waals surface area contributed by atoms with Gasteiger partial charge in [0.25, 0.3) is 5.91 Å². The Labute approximate surface area is 118 Å². The maximum atomic E-state index is 12.1. The summed E-state index contributed by atoms with van der Waals surface area (Å²) in [5.74, 6) is -0.0288. The SMILES string of the molecule is CCC(=O)C(C)NC(=O)c1cc2c(s1)CCCCC2. The van der Waals surface area contributed by atoms with Crippen LogP contribution in [0, 0.1) is 0 Å². The summed E-state index contributed by atoms with van der Waals surface area (Å²) in [6.45, 7) is 3.57. The van der Waals surface area contributed by atoms with Gasteiger partial charge in [0.05, 0.1) is 10.9 Å². The predicted octanol–water partition coefficient (Wildman–Crippen LogP) is 3.11. The quantitative estimate of drug-likeness (QED) is 0.861. The van der Waals surface area contributed by atoms with Gasteiger partial charge >= 0.3 is 0 Å². The Kier molecular flexibility index (Phi) is 4.75. The first-order chi connectivity index (χ1) is 9.11. The smallest absolute Gasteiger partial charge is 0.261 e. The molecule has 1 aromatic heterocycles. The van der Waals surface area contributed by atoms with Crippen molar-refractivity contribution < 1.29 is 9.59 Å². The highest BCUT2D eigenvalue weighted by atomic mass is 32.1. The van der Waals surface area contributed by atoms with Gasteiger partial charge in [-0.1, -0.05) is 13.3 Å².